The number of hydrogen-bond donors (Lipinski definition) is 2. The van der Waals surface area contributed by atoms with E-state index >= 15 is 0 Å². The summed E-state index contributed by atoms with van der Waals surface area (Å²) in [5.74, 6) is 0.331. The normalized spacial score (nSPS) is 17.2. The van der Waals surface area contributed by atoms with E-state index in [0.29, 0.717) is 41.4 Å². The molecule has 3 aliphatic rings. The standard InChI is InChI=1S/C31H33FN8O3/c1-4-27(41)34-21-15-22(25(43-3)16-23(21)38-17-31(18-38)9-6-11-37(31)2)35-29-33-10-8-26(36-29)40-24-14-20(32)13-19-7-5-12-39(28(19)24)30(40)42/h4,8,10,13-16H,1,5-7,9,11-12,17-18H2,2-3H3,(H,34,41)(H,33,35,36). The van der Waals surface area contributed by atoms with Crippen molar-refractivity contribution in [2.75, 3.05) is 49.3 Å². The third-order valence-corrected chi connectivity index (χ3v) is 9.03. The maximum Gasteiger partial charge on any atom is 0.334 e. The first-order chi connectivity index (χ1) is 20.8. The van der Waals surface area contributed by atoms with E-state index in [0.717, 1.165) is 49.2 Å². The molecule has 43 heavy (non-hydrogen) atoms. The van der Waals surface area contributed by atoms with E-state index < -0.39 is 5.82 Å². The molecule has 7 rings (SSSR count). The molecule has 2 aromatic carbocycles. The molecule has 0 unspecified atom stereocenters. The Balaban J connectivity index is 1.25. The SMILES string of the molecule is C=CC(=O)Nc1cc(Nc2nccc(-n3c(=O)n4c5c(cc(F)cc53)CCC4)n2)c(OC)cc1N1CC2(CCCN2C)C1. The number of aryl methyl sites for hydroxylation is 2. The van der Waals surface area contributed by atoms with Crippen LogP contribution in [0.5, 0.6) is 5.75 Å². The van der Waals surface area contributed by atoms with Crippen LogP contribution in [0.1, 0.15) is 24.8 Å². The Kier molecular flexibility index (Phi) is 6.46. The number of halogens is 1. The van der Waals surface area contributed by atoms with Crippen molar-refractivity contribution in [3.8, 4) is 11.6 Å². The number of carbonyl (C=O) groups is 1. The number of anilines is 4. The van der Waals surface area contributed by atoms with E-state index in [4.69, 9.17) is 4.74 Å². The van der Waals surface area contributed by atoms with Crippen molar-refractivity contribution < 1.29 is 13.9 Å². The van der Waals surface area contributed by atoms with Gasteiger partial charge >= 0.3 is 5.69 Å². The Morgan fingerprint density at radius 3 is 2.74 bits per heavy atom. The fraction of sp³-hybridized carbons (Fsp3) is 0.355. The number of rotatable bonds is 7. The van der Waals surface area contributed by atoms with Crippen molar-refractivity contribution in [1.29, 1.82) is 0 Å². The van der Waals surface area contributed by atoms with Gasteiger partial charge in [0, 0.05) is 44.0 Å². The maximum atomic E-state index is 14.5. The van der Waals surface area contributed by atoms with Crippen LogP contribution in [0.4, 0.5) is 27.4 Å². The first kappa shape index (κ1) is 27.1. The lowest BCUT2D eigenvalue weighted by atomic mass is 9.86. The minimum Gasteiger partial charge on any atom is -0.494 e. The molecule has 0 bridgehead atoms. The third kappa shape index (κ3) is 4.44. The van der Waals surface area contributed by atoms with Gasteiger partial charge in [0.1, 0.15) is 17.4 Å². The average Bonchev–Trinajstić information content (AvgIpc) is 3.50. The van der Waals surface area contributed by atoms with Crippen LogP contribution in [0.3, 0.4) is 0 Å². The molecule has 2 aromatic heterocycles. The summed E-state index contributed by atoms with van der Waals surface area (Å²) in [6.07, 6.45) is 6.58. The van der Waals surface area contributed by atoms with E-state index in [1.807, 2.05) is 6.07 Å². The number of benzene rings is 2. The van der Waals surface area contributed by atoms with Gasteiger partial charge < -0.3 is 20.3 Å². The molecule has 3 aliphatic heterocycles. The fourth-order valence-electron chi connectivity index (χ4n) is 6.83. The van der Waals surface area contributed by atoms with Crippen molar-refractivity contribution >= 4 is 40.0 Å². The molecule has 2 N–H and O–H groups in total. The highest BCUT2D eigenvalue weighted by atomic mass is 19.1. The minimum absolute atomic E-state index is 0.155. The molecule has 222 valence electrons. The number of hydrogen-bond acceptors (Lipinski definition) is 8. The second-order valence-corrected chi connectivity index (χ2v) is 11.5. The maximum absolute atomic E-state index is 14.5. The summed E-state index contributed by atoms with van der Waals surface area (Å²) in [4.78, 5) is 39.5. The van der Waals surface area contributed by atoms with Crippen LogP contribution in [0.2, 0.25) is 0 Å². The van der Waals surface area contributed by atoms with Gasteiger partial charge in [-0.05, 0) is 63.0 Å². The summed E-state index contributed by atoms with van der Waals surface area (Å²) >= 11 is 0. The Morgan fingerprint density at radius 1 is 1.16 bits per heavy atom. The Labute approximate surface area is 247 Å². The number of nitrogens with zero attached hydrogens (tertiary/aromatic N) is 6. The van der Waals surface area contributed by atoms with Crippen LogP contribution in [0, 0.1) is 5.82 Å². The zero-order chi connectivity index (χ0) is 29.9. The number of nitrogens with one attached hydrogen (secondary N) is 2. The number of carbonyl (C=O) groups excluding carboxylic acids is 1. The molecule has 2 fully saturated rings. The van der Waals surface area contributed by atoms with Crippen LogP contribution in [0.25, 0.3) is 16.9 Å². The monoisotopic (exact) mass is 584 g/mol. The molecule has 0 radical (unpaired) electrons. The van der Waals surface area contributed by atoms with Crippen LogP contribution >= 0.6 is 0 Å². The molecule has 0 saturated carbocycles. The highest BCUT2D eigenvalue weighted by Crippen LogP contribution is 2.45. The number of ether oxygens (including phenoxy) is 1. The molecule has 12 heteroatoms. The van der Waals surface area contributed by atoms with Gasteiger partial charge in [-0.15, -0.1) is 0 Å². The second kappa shape index (κ2) is 10.2. The molecule has 11 nitrogen and oxygen atoms in total. The van der Waals surface area contributed by atoms with Crippen molar-refractivity contribution in [2.45, 2.75) is 37.8 Å². The van der Waals surface area contributed by atoms with Crippen LogP contribution in [0.15, 0.2) is 54.0 Å². The summed E-state index contributed by atoms with van der Waals surface area (Å²) < 4.78 is 23.4. The van der Waals surface area contributed by atoms with Gasteiger partial charge in [0.2, 0.25) is 11.9 Å². The quantitative estimate of drug-likeness (QED) is 0.316. The number of imidazole rings is 1. The third-order valence-electron chi connectivity index (χ3n) is 9.03. The van der Waals surface area contributed by atoms with Gasteiger partial charge in [-0.25, -0.2) is 18.7 Å². The van der Waals surface area contributed by atoms with Crippen LogP contribution < -0.4 is 26.0 Å². The second-order valence-electron chi connectivity index (χ2n) is 11.5. The molecular weight excluding hydrogens is 551 g/mol. The van der Waals surface area contributed by atoms with Crippen LogP contribution in [-0.4, -0.2) is 69.2 Å². The molecule has 1 amide bonds. The highest BCUT2D eigenvalue weighted by molar-refractivity contribution is 6.02. The Hall–Kier alpha value is -4.71. The Bertz CT molecular complexity index is 1840. The molecule has 1 spiro atoms. The fourth-order valence-corrected chi connectivity index (χ4v) is 6.83. The number of aromatic nitrogens is 4. The zero-order valence-electron chi connectivity index (χ0n) is 24.2. The first-order valence-electron chi connectivity index (χ1n) is 14.5. The van der Waals surface area contributed by atoms with Gasteiger partial charge in [0.15, 0.2) is 0 Å². The van der Waals surface area contributed by atoms with Crippen LogP contribution in [-0.2, 0) is 17.8 Å². The summed E-state index contributed by atoms with van der Waals surface area (Å²) in [5.41, 5.74) is 3.88. The van der Waals surface area contributed by atoms with E-state index in [9.17, 15) is 14.0 Å². The molecule has 5 heterocycles. The van der Waals surface area contributed by atoms with Crippen molar-refractivity contribution in [3.05, 3.63) is 71.0 Å². The minimum atomic E-state index is -0.394. The first-order valence-corrected chi connectivity index (χ1v) is 14.5. The molecule has 4 aromatic rings. The summed E-state index contributed by atoms with van der Waals surface area (Å²) in [6.45, 7) is 6.96. The largest absolute Gasteiger partial charge is 0.494 e. The molecule has 0 atom stereocenters. The number of likely N-dealkylation sites (tertiary alicyclic amines) is 1. The molecular formula is C31H33FN8O3. The van der Waals surface area contributed by atoms with Gasteiger partial charge in [0.25, 0.3) is 0 Å². The predicted octanol–water partition coefficient (Wildman–Crippen LogP) is 3.83. The van der Waals surface area contributed by atoms with Crippen molar-refractivity contribution in [1.82, 2.24) is 24.0 Å². The van der Waals surface area contributed by atoms with Gasteiger partial charge in [-0.3, -0.25) is 14.3 Å². The average molecular weight is 585 g/mol. The van der Waals surface area contributed by atoms with Crippen molar-refractivity contribution in [3.63, 3.8) is 0 Å². The van der Waals surface area contributed by atoms with E-state index in [2.05, 4.69) is 44.0 Å². The lowest BCUT2D eigenvalue weighted by Crippen LogP contribution is -2.67. The number of methoxy groups -OCH3 is 1. The van der Waals surface area contributed by atoms with Gasteiger partial charge in [-0.1, -0.05) is 6.58 Å². The van der Waals surface area contributed by atoms with E-state index in [1.165, 1.54) is 29.2 Å². The smallest absolute Gasteiger partial charge is 0.334 e. The van der Waals surface area contributed by atoms with E-state index in [-0.39, 0.29) is 23.1 Å². The summed E-state index contributed by atoms with van der Waals surface area (Å²) in [5, 5.41) is 6.13. The zero-order valence-corrected chi connectivity index (χ0v) is 24.2. The number of likely N-dealkylation sites (N-methyl/N-ethyl adjacent to an activating group) is 1. The molecule has 0 aliphatic carbocycles. The summed E-state index contributed by atoms with van der Waals surface area (Å²) in [6, 6.07) is 8.17. The number of amides is 1. The topological polar surface area (TPSA) is 110 Å². The van der Waals surface area contributed by atoms with Gasteiger partial charge in [0.05, 0.1) is 40.7 Å². The van der Waals surface area contributed by atoms with E-state index in [1.54, 1.807) is 30.0 Å². The molecule has 2 saturated heterocycles. The lowest BCUT2D eigenvalue weighted by Gasteiger charge is -2.53. The highest BCUT2D eigenvalue weighted by Gasteiger charge is 2.49. The van der Waals surface area contributed by atoms with Crippen molar-refractivity contribution in [2.24, 2.45) is 0 Å². The predicted molar refractivity (Wildman–Crippen MR) is 163 cm³/mol. The lowest BCUT2D eigenvalue weighted by molar-refractivity contribution is -0.111. The summed E-state index contributed by atoms with van der Waals surface area (Å²) in [7, 11) is 3.75. The Morgan fingerprint density at radius 2 is 2.00 bits per heavy atom. The van der Waals surface area contributed by atoms with Gasteiger partial charge in [-0.2, -0.15) is 4.98 Å².